The van der Waals surface area contributed by atoms with E-state index in [1.165, 1.54) is 0 Å². The van der Waals surface area contributed by atoms with E-state index in [2.05, 4.69) is 29.7 Å². The molecule has 0 unspecified atom stereocenters. The first-order chi connectivity index (χ1) is 10.5. The van der Waals surface area contributed by atoms with Crippen molar-refractivity contribution in [1.82, 2.24) is 10.6 Å². The van der Waals surface area contributed by atoms with Crippen LogP contribution in [0.4, 0.5) is 4.79 Å². The zero-order valence-corrected chi connectivity index (χ0v) is 13.5. The number of hydrogen-bond acceptors (Lipinski definition) is 2. The lowest BCUT2D eigenvalue weighted by Crippen LogP contribution is -2.38. The van der Waals surface area contributed by atoms with E-state index < -0.39 is 0 Å². The summed E-state index contributed by atoms with van der Waals surface area (Å²) in [5.74, 6) is 0. The molecule has 2 amide bonds. The van der Waals surface area contributed by atoms with Gasteiger partial charge in [0.15, 0.2) is 0 Å². The summed E-state index contributed by atoms with van der Waals surface area (Å²) in [6.45, 7) is 6.80. The van der Waals surface area contributed by atoms with Gasteiger partial charge in [0.1, 0.15) is 0 Å². The first kappa shape index (κ1) is 16.1. The van der Waals surface area contributed by atoms with Crippen molar-refractivity contribution in [3.05, 3.63) is 41.0 Å². The van der Waals surface area contributed by atoms with Gasteiger partial charge in [-0.05, 0) is 18.4 Å². The maximum absolute atomic E-state index is 12.1. The third-order valence-electron chi connectivity index (χ3n) is 4.01. The van der Waals surface area contributed by atoms with Crippen LogP contribution in [0.5, 0.6) is 0 Å². The van der Waals surface area contributed by atoms with Gasteiger partial charge < -0.3 is 10.6 Å². The Hall–Kier alpha value is -2.28. The van der Waals surface area contributed by atoms with Gasteiger partial charge in [0.25, 0.3) is 0 Å². The maximum Gasteiger partial charge on any atom is 0.319 e. The molecule has 0 atom stereocenters. The Morgan fingerprint density at radius 1 is 1.36 bits per heavy atom. The fraction of sp³-hybridized carbons (Fsp3) is 0.444. The Bertz CT molecular complexity index is 638. The van der Waals surface area contributed by atoms with Gasteiger partial charge in [-0.3, -0.25) is 0 Å². The van der Waals surface area contributed by atoms with Gasteiger partial charge in [-0.25, -0.2) is 4.79 Å². The molecule has 2 N–H and O–H groups in total. The van der Waals surface area contributed by atoms with Gasteiger partial charge in [-0.1, -0.05) is 51.5 Å². The summed E-state index contributed by atoms with van der Waals surface area (Å²) in [5, 5.41) is 15.3. The molecule has 0 saturated carbocycles. The van der Waals surface area contributed by atoms with Crippen LogP contribution in [0.1, 0.15) is 44.7 Å². The molecule has 0 heterocycles. The van der Waals surface area contributed by atoms with E-state index >= 15 is 0 Å². The smallest absolute Gasteiger partial charge is 0.319 e. The topological polar surface area (TPSA) is 64.9 Å². The quantitative estimate of drug-likeness (QED) is 0.834. The summed E-state index contributed by atoms with van der Waals surface area (Å²) in [6.07, 6.45) is 2.77. The first-order valence-corrected chi connectivity index (χ1v) is 7.77. The molecule has 4 heteroatoms. The van der Waals surface area contributed by atoms with Gasteiger partial charge >= 0.3 is 6.03 Å². The second-order valence-electron chi connectivity index (χ2n) is 6.31. The fourth-order valence-corrected chi connectivity index (χ4v) is 2.83. The van der Waals surface area contributed by atoms with Gasteiger partial charge in [0.05, 0.1) is 17.3 Å². The number of amides is 2. The van der Waals surface area contributed by atoms with Gasteiger partial charge in [-0.2, -0.15) is 5.26 Å². The molecule has 1 aromatic rings. The molecule has 0 fully saturated rings. The molecule has 0 saturated heterocycles. The molecule has 116 valence electrons. The van der Waals surface area contributed by atoms with Crippen molar-refractivity contribution >= 4 is 11.7 Å². The molecular formula is C18H23N3O. The van der Waals surface area contributed by atoms with Gasteiger partial charge in [0, 0.05) is 17.5 Å². The molecule has 1 aliphatic rings. The van der Waals surface area contributed by atoms with Crippen LogP contribution in [0.3, 0.4) is 0 Å². The summed E-state index contributed by atoms with van der Waals surface area (Å²) in [5.41, 5.74) is 3.11. The van der Waals surface area contributed by atoms with Crippen molar-refractivity contribution in [3.63, 3.8) is 0 Å². The average Bonchev–Trinajstić information content (AvgIpc) is 2.46. The number of hydrogen-bond donors (Lipinski definition) is 2. The predicted molar refractivity (Wildman–Crippen MR) is 87.9 cm³/mol. The van der Waals surface area contributed by atoms with Crippen LogP contribution in [0, 0.1) is 16.7 Å². The molecule has 0 bridgehead atoms. The van der Waals surface area contributed by atoms with Crippen LogP contribution < -0.4 is 10.6 Å². The van der Waals surface area contributed by atoms with E-state index in [0.717, 1.165) is 30.4 Å². The number of unbranched alkanes of at least 4 members (excludes halogenated alkanes) is 1. The predicted octanol–water partition coefficient (Wildman–Crippen LogP) is 3.60. The zero-order valence-electron chi connectivity index (χ0n) is 13.5. The van der Waals surface area contributed by atoms with Crippen molar-refractivity contribution in [2.45, 2.75) is 40.0 Å². The van der Waals surface area contributed by atoms with Crippen molar-refractivity contribution in [1.29, 1.82) is 5.26 Å². The molecular weight excluding hydrogens is 274 g/mol. The summed E-state index contributed by atoms with van der Waals surface area (Å²) in [7, 11) is 0. The molecule has 22 heavy (non-hydrogen) atoms. The largest absolute Gasteiger partial charge is 0.338 e. The molecule has 1 aliphatic carbocycles. The summed E-state index contributed by atoms with van der Waals surface area (Å²) in [6, 6.07) is 9.99. The Morgan fingerprint density at radius 2 is 2.09 bits per heavy atom. The second kappa shape index (κ2) is 6.65. The lowest BCUT2D eigenvalue weighted by molar-refractivity contribution is 0.244. The minimum atomic E-state index is -0.283. The zero-order chi connectivity index (χ0) is 16.2. The SMILES string of the molecule is CCCCNC(=O)NC1=C(C#N)C(C)(C)Cc2ccccc21. The second-order valence-corrected chi connectivity index (χ2v) is 6.31. The number of fused-ring (bicyclic) bond motifs is 1. The Labute approximate surface area is 132 Å². The Morgan fingerprint density at radius 3 is 2.77 bits per heavy atom. The molecule has 0 aliphatic heterocycles. The minimum absolute atomic E-state index is 0.247. The number of rotatable bonds is 4. The van der Waals surface area contributed by atoms with Crippen LogP contribution in [0.25, 0.3) is 5.70 Å². The Kier molecular flexibility index (Phi) is 4.87. The van der Waals surface area contributed by atoms with E-state index in [4.69, 9.17) is 0 Å². The van der Waals surface area contributed by atoms with Crippen molar-refractivity contribution < 1.29 is 4.79 Å². The average molecular weight is 297 g/mol. The first-order valence-electron chi connectivity index (χ1n) is 7.77. The van der Waals surface area contributed by atoms with Crippen LogP contribution in [-0.2, 0) is 6.42 Å². The summed E-state index contributed by atoms with van der Waals surface area (Å²) in [4.78, 5) is 12.1. The molecule has 0 aromatic heterocycles. The number of nitrogens with one attached hydrogen (secondary N) is 2. The number of carbonyl (C=O) groups excluding carboxylic acids is 1. The highest BCUT2D eigenvalue weighted by Gasteiger charge is 2.34. The highest BCUT2D eigenvalue weighted by molar-refractivity contribution is 5.89. The maximum atomic E-state index is 12.1. The lowest BCUT2D eigenvalue weighted by atomic mass is 9.72. The third kappa shape index (κ3) is 3.30. The minimum Gasteiger partial charge on any atom is -0.338 e. The standard InChI is InChI=1S/C18H23N3O/c1-4-5-10-20-17(22)21-16-14-9-7-6-8-13(14)11-18(2,3)15(16)12-19/h6-9H,4-5,10-11H2,1-3H3,(H2,20,21,22). The molecule has 0 spiro atoms. The van der Waals surface area contributed by atoms with Crippen LogP contribution in [-0.4, -0.2) is 12.6 Å². The van der Waals surface area contributed by atoms with Crippen LogP contribution >= 0.6 is 0 Å². The van der Waals surface area contributed by atoms with E-state index in [1.54, 1.807) is 0 Å². The van der Waals surface area contributed by atoms with Crippen LogP contribution in [0.15, 0.2) is 29.8 Å². The molecule has 2 rings (SSSR count). The summed E-state index contributed by atoms with van der Waals surface area (Å²) < 4.78 is 0. The highest BCUT2D eigenvalue weighted by Crippen LogP contribution is 2.41. The van der Waals surface area contributed by atoms with E-state index in [-0.39, 0.29) is 11.4 Å². The monoisotopic (exact) mass is 297 g/mol. The van der Waals surface area contributed by atoms with Gasteiger partial charge in [0.2, 0.25) is 0 Å². The van der Waals surface area contributed by atoms with Gasteiger partial charge in [-0.15, -0.1) is 0 Å². The van der Waals surface area contributed by atoms with E-state index in [9.17, 15) is 10.1 Å². The van der Waals surface area contributed by atoms with Crippen molar-refractivity contribution in [2.24, 2.45) is 5.41 Å². The number of nitriles is 1. The number of nitrogens with zero attached hydrogens (tertiary/aromatic N) is 1. The molecule has 0 radical (unpaired) electrons. The third-order valence-corrected chi connectivity index (χ3v) is 4.01. The Balaban J connectivity index is 2.33. The molecule has 4 nitrogen and oxygen atoms in total. The summed E-state index contributed by atoms with van der Waals surface area (Å²) >= 11 is 0. The van der Waals surface area contributed by atoms with E-state index in [0.29, 0.717) is 17.8 Å². The highest BCUT2D eigenvalue weighted by atomic mass is 16.2. The number of allylic oxidation sites excluding steroid dienone is 1. The van der Waals surface area contributed by atoms with Crippen molar-refractivity contribution in [3.8, 4) is 6.07 Å². The van der Waals surface area contributed by atoms with E-state index in [1.807, 2.05) is 32.0 Å². The number of urea groups is 1. The fourth-order valence-electron chi connectivity index (χ4n) is 2.83. The lowest BCUT2D eigenvalue weighted by Gasteiger charge is -2.33. The van der Waals surface area contributed by atoms with Crippen LogP contribution in [0.2, 0.25) is 0 Å². The molecule has 1 aromatic carbocycles. The number of benzene rings is 1. The number of carbonyl (C=O) groups is 1. The van der Waals surface area contributed by atoms with Crippen molar-refractivity contribution in [2.75, 3.05) is 6.54 Å². The normalized spacial score (nSPS) is 15.7.